The molecule has 0 aliphatic rings. The Kier molecular flexibility index (Phi) is 5.35. The minimum atomic E-state index is -0.651. The lowest BCUT2D eigenvalue weighted by Crippen LogP contribution is -2.33. The molecule has 114 valence electrons. The molecule has 0 aliphatic heterocycles. The molecule has 0 heterocycles. The highest BCUT2D eigenvalue weighted by atomic mass is 35.5. The molecule has 7 heteroatoms. The van der Waals surface area contributed by atoms with Gasteiger partial charge in [0.1, 0.15) is 5.82 Å². The maximum Gasteiger partial charge on any atom is 0.251 e. The highest BCUT2D eigenvalue weighted by Gasteiger charge is 2.10. The number of anilines is 1. The molecule has 0 saturated heterocycles. The topological polar surface area (TPSA) is 58.2 Å². The van der Waals surface area contributed by atoms with Crippen molar-refractivity contribution in [3.8, 4) is 0 Å². The molecular weight excluding hydrogens is 330 g/mol. The Labute approximate surface area is 136 Å². The summed E-state index contributed by atoms with van der Waals surface area (Å²) in [7, 11) is 0. The predicted octanol–water partition coefficient (Wildman–Crippen LogP) is 3.50. The van der Waals surface area contributed by atoms with Crippen molar-refractivity contribution >= 4 is 40.7 Å². The van der Waals surface area contributed by atoms with Gasteiger partial charge < -0.3 is 10.6 Å². The number of benzene rings is 2. The molecule has 0 aromatic heterocycles. The predicted molar refractivity (Wildman–Crippen MR) is 83.8 cm³/mol. The minimum absolute atomic E-state index is 0.00796. The third kappa shape index (κ3) is 4.44. The Morgan fingerprint density at radius 3 is 2.45 bits per heavy atom. The molecule has 0 spiro atoms. The first-order valence-electron chi connectivity index (χ1n) is 6.24. The summed E-state index contributed by atoms with van der Waals surface area (Å²) in [5.41, 5.74) is 0.323. The zero-order valence-electron chi connectivity index (χ0n) is 11.2. The first-order valence-corrected chi connectivity index (χ1v) is 7.00. The van der Waals surface area contributed by atoms with Crippen molar-refractivity contribution in [3.05, 3.63) is 63.9 Å². The Balaban J connectivity index is 1.91. The van der Waals surface area contributed by atoms with Gasteiger partial charge in [0, 0.05) is 15.6 Å². The van der Waals surface area contributed by atoms with Gasteiger partial charge >= 0.3 is 0 Å². The lowest BCUT2D eigenvalue weighted by molar-refractivity contribution is -0.115. The van der Waals surface area contributed by atoms with Gasteiger partial charge in [-0.15, -0.1) is 0 Å². The molecule has 0 atom stereocenters. The summed E-state index contributed by atoms with van der Waals surface area (Å²) in [5, 5.41) is 5.40. The second-order valence-corrected chi connectivity index (χ2v) is 5.24. The van der Waals surface area contributed by atoms with Gasteiger partial charge in [-0.3, -0.25) is 9.59 Å². The van der Waals surface area contributed by atoms with Gasteiger partial charge in [0.25, 0.3) is 5.91 Å². The number of nitrogens with one attached hydrogen (secondary N) is 2. The summed E-state index contributed by atoms with van der Waals surface area (Å²) in [4.78, 5) is 23.5. The van der Waals surface area contributed by atoms with E-state index < -0.39 is 17.6 Å². The van der Waals surface area contributed by atoms with Crippen molar-refractivity contribution < 1.29 is 14.0 Å². The van der Waals surface area contributed by atoms with E-state index in [1.165, 1.54) is 18.2 Å². The van der Waals surface area contributed by atoms with Crippen molar-refractivity contribution in [1.29, 1.82) is 0 Å². The van der Waals surface area contributed by atoms with Crippen LogP contribution in [-0.4, -0.2) is 18.4 Å². The fraction of sp³-hybridized carbons (Fsp3) is 0.0667. The SMILES string of the molecule is O=C(CNC(=O)c1cccc(Cl)c1)Nc1ccc(Cl)cc1F. The molecule has 2 amide bonds. The van der Waals surface area contributed by atoms with Gasteiger partial charge in [0.05, 0.1) is 12.2 Å². The molecule has 2 rings (SSSR count). The van der Waals surface area contributed by atoms with Crippen LogP contribution in [0.5, 0.6) is 0 Å². The monoisotopic (exact) mass is 340 g/mol. The molecule has 0 fully saturated rings. The van der Waals surface area contributed by atoms with Crippen LogP contribution < -0.4 is 10.6 Å². The molecular formula is C15H11Cl2FN2O2. The summed E-state index contributed by atoms with van der Waals surface area (Å²) in [6.45, 7) is -0.298. The quantitative estimate of drug-likeness (QED) is 0.894. The van der Waals surface area contributed by atoms with E-state index in [-0.39, 0.29) is 17.3 Å². The molecule has 0 unspecified atom stereocenters. The van der Waals surface area contributed by atoms with E-state index in [4.69, 9.17) is 23.2 Å². The molecule has 0 radical (unpaired) electrons. The van der Waals surface area contributed by atoms with Crippen LogP contribution in [0.25, 0.3) is 0 Å². The molecule has 2 aromatic carbocycles. The third-order valence-corrected chi connectivity index (χ3v) is 3.17. The van der Waals surface area contributed by atoms with Gasteiger partial charge in [-0.1, -0.05) is 29.3 Å². The number of carbonyl (C=O) groups excluding carboxylic acids is 2. The van der Waals surface area contributed by atoms with Crippen LogP contribution in [-0.2, 0) is 4.79 Å². The summed E-state index contributed by atoms with van der Waals surface area (Å²) in [6, 6.07) is 10.2. The standard InChI is InChI=1S/C15H11Cl2FN2O2/c16-10-3-1-2-9(6-10)15(22)19-8-14(21)20-13-5-4-11(17)7-12(13)18/h1-7H,8H2,(H,19,22)(H,20,21). The van der Waals surface area contributed by atoms with Crippen LogP contribution in [0, 0.1) is 5.82 Å². The maximum absolute atomic E-state index is 13.5. The number of carbonyl (C=O) groups is 2. The molecule has 0 saturated carbocycles. The van der Waals surface area contributed by atoms with E-state index in [1.54, 1.807) is 18.2 Å². The number of halogens is 3. The lowest BCUT2D eigenvalue weighted by atomic mass is 10.2. The summed E-state index contributed by atoms with van der Waals surface area (Å²) in [5.74, 6) is -1.66. The average Bonchev–Trinajstić information content (AvgIpc) is 2.47. The normalized spacial score (nSPS) is 10.1. The van der Waals surface area contributed by atoms with E-state index >= 15 is 0 Å². The molecule has 0 bridgehead atoms. The molecule has 2 aromatic rings. The molecule has 22 heavy (non-hydrogen) atoms. The van der Waals surface area contributed by atoms with Gasteiger partial charge in [-0.05, 0) is 36.4 Å². The first kappa shape index (κ1) is 16.3. The Morgan fingerprint density at radius 2 is 1.77 bits per heavy atom. The summed E-state index contributed by atoms with van der Waals surface area (Å²) < 4.78 is 13.5. The van der Waals surface area contributed by atoms with Crippen molar-refractivity contribution in [1.82, 2.24) is 5.32 Å². The second kappa shape index (κ2) is 7.24. The smallest absolute Gasteiger partial charge is 0.251 e. The molecule has 2 N–H and O–H groups in total. The fourth-order valence-electron chi connectivity index (χ4n) is 1.68. The van der Waals surface area contributed by atoms with Gasteiger partial charge in [-0.2, -0.15) is 0 Å². The van der Waals surface area contributed by atoms with Crippen LogP contribution in [0.2, 0.25) is 10.0 Å². The Morgan fingerprint density at radius 1 is 1.05 bits per heavy atom. The highest BCUT2D eigenvalue weighted by Crippen LogP contribution is 2.18. The number of rotatable bonds is 4. The maximum atomic E-state index is 13.5. The van der Waals surface area contributed by atoms with Crippen molar-refractivity contribution in [2.75, 3.05) is 11.9 Å². The van der Waals surface area contributed by atoms with Crippen LogP contribution in [0.1, 0.15) is 10.4 Å². The van der Waals surface area contributed by atoms with E-state index in [2.05, 4.69) is 10.6 Å². The van der Waals surface area contributed by atoms with E-state index in [0.717, 1.165) is 6.07 Å². The largest absolute Gasteiger partial charge is 0.343 e. The van der Waals surface area contributed by atoms with Crippen molar-refractivity contribution in [2.45, 2.75) is 0 Å². The van der Waals surface area contributed by atoms with E-state index in [1.807, 2.05) is 0 Å². The summed E-state index contributed by atoms with van der Waals surface area (Å²) >= 11 is 11.4. The van der Waals surface area contributed by atoms with E-state index in [9.17, 15) is 14.0 Å². The fourth-order valence-corrected chi connectivity index (χ4v) is 2.03. The molecule has 0 aliphatic carbocycles. The molecule has 4 nitrogen and oxygen atoms in total. The van der Waals surface area contributed by atoms with Crippen molar-refractivity contribution in [3.63, 3.8) is 0 Å². The number of amides is 2. The number of hydrogen-bond donors (Lipinski definition) is 2. The van der Waals surface area contributed by atoms with Crippen LogP contribution in [0.4, 0.5) is 10.1 Å². The van der Waals surface area contributed by atoms with Gasteiger partial charge in [0.15, 0.2) is 0 Å². The summed E-state index contributed by atoms with van der Waals surface area (Å²) in [6.07, 6.45) is 0. The zero-order chi connectivity index (χ0) is 16.1. The first-order chi connectivity index (χ1) is 10.5. The van der Waals surface area contributed by atoms with Gasteiger partial charge in [0.2, 0.25) is 5.91 Å². The Bertz CT molecular complexity index is 722. The van der Waals surface area contributed by atoms with Crippen molar-refractivity contribution in [2.24, 2.45) is 0 Å². The van der Waals surface area contributed by atoms with Crippen LogP contribution >= 0.6 is 23.2 Å². The zero-order valence-corrected chi connectivity index (χ0v) is 12.7. The number of hydrogen-bond acceptors (Lipinski definition) is 2. The average molecular weight is 341 g/mol. The second-order valence-electron chi connectivity index (χ2n) is 4.37. The van der Waals surface area contributed by atoms with Crippen LogP contribution in [0.3, 0.4) is 0 Å². The minimum Gasteiger partial charge on any atom is -0.343 e. The van der Waals surface area contributed by atoms with Gasteiger partial charge in [-0.25, -0.2) is 4.39 Å². The van der Waals surface area contributed by atoms with E-state index in [0.29, 0.717) is 10.6 Å². The third-order valence-electron chi connectivity index (χ3n) is 2.70. The Hall–Kier alpha value is -2.11. The lowest BCUT2D eigenvalue weighted by Gasteiger charge is -2.08. The van der Waals surface area contributed by atoms with Crippen LogP contribution in [0.15, 0.2) is 42.5 Å². The highest BCUT2D eigenvalue weighted by molar-refractivity contribution is 6.31.